The highest BCUT2D eigenvalue weighted by Gasteiger charge is 2.41. The molecule has 15 heavy (non-hydrogen) atoms. The first kappa shape index (κ1) is 13.0. The third-order valence-corrected chi connectivity index (χ3v) is 2.41. The molecule has 1 heterocycles. The second-order valence-electron chi connectivity index (χ2n) is 3.03. The van der Waals surface area contributed by atoms with Crippen molar-refractivity contribution in [2.75, 3.05) is 6.61 Å². The number of hydrogen-bond acceptors (Lipinski definition) is 6. The average Bonchev–Trinajstić information content (AvgIpc) is 2.11. The Balaban J connectivity index is 2.60. The third kappa shape index (κ3) is 3.47. The molecule has 1 radical (unpaired) electrons. The molecule has 0 aromatic carbocycles. The van der Waals surface area contributed by atoms with Crippen molar-refractivity contribution in [3.63, 3.8) is 0 Å². The van der Waals surface area contributed by atoms with Crippen LogP contribution in [0.15, 0.2) is 0 Å². The number of phosphoric acid groups is 1. The van der Waals surface area contributed by atoms with Gasteiger partial charge >= 0.3 is 7.82 Å². The summed E-state index contributed by atoms with van der Waals surface area (Å²) in [4.78, 5) is 16.9. The molecule has 1 rings (SSSR count). The molecule has 89 valence electrons. The monoisotopic (exact) mass is 243 g/mol. The summed E-state index contributed by atoms with van der Waals surface area (Å²) in [5.74, 6) is 0. The van der Waals surface area contributed by atoms with E-state index in [4.69, 9.17) is 19.6 Å². The van der Waals surface area contributed by atoms with E-state index in [2.05, 4.69) is 4.52 Å². The summed E-state index contributed by atoms with van der Waals surface area (Å²) in [7, 11) is -4.77. The van der Waals surface area contributed by atoms with Crippen molar-refractivity contribution in [1.82, 2.24) is 0 Å². The van der Waals surface area contributed by atoms with Gasteiger partial charge in [-0.05, 0) is 0 Å². The second kappa shape index (κ2) is 4.86. The van der Waals surface area contributed by atoms with E-state index in [9.17, 15) is 14.8 Å². The van der Waals surface area contributed by atoms with Crippen molar-refractivity contribution in [2.24, 2.45) is 0 Å². The van der Waals surface area contributed by atoms with E-state index in [0.717, 1.165) is 6.61 Å². The van der Waals surface area contributed by atoms with Crippen LogP contribution in [0.2, 0.25) is 0 Å². The molecule has 0 aromatic heterocycles. The Kier molecular flexibility index (Phi) is 4.21. The van der Waals surface area contributed by atoms with Crippen molar-refractivity contribution in [3.05, 3.63) is 6.61 Å². The lowest BCUT2D eigenvalue weighted by Gasteiger charge is -2.35. The molecule has 0 amide bonds. The number of aliphatic hydroxyl groups is 3. The zero-order chi connectivity index (χ0) is 11.6. The van der Waals surface area contributed by atoms with Crippen LogP contribution in [-0.2, 0) is 13.8 Å². The van der Waals surface area contributed by atoms with Crippen LogP contribution in [0.4, 0.5) is 0 Å². The lowest BCUT2D eigenvalue weighted by Crippen LogP contribution is -2.52. The van der Waals surface area contributed by atoms with E-state index < -0.39 is 38.8 Å². The lowest BCUT2D eigenvalue weighted by atomic mass is 10.0. The highest BCUT2D eigenvalue weighted by molar-refractivity contribution is 7.46. The molecule has 1 fully saturated rings. The number of ether oxygens (including phenoxy) is 1. The summed E-state index contributed by atoms with van der Waals surface area (Å²) in [5.41, 5.74) is 0. The maximum Gasteiger partial charge on any atom is 0.470 e. The molecule has 0 aromatic rings. The molecule has 4 atom stereocenters. The van der Waals surface area contributed by atoms with Gasteiger partial charge in [0, 0.05) is 0 Å². The Bertz CT molecular complexity index is 252. The zero-order valence-electron chi connectivity index (χ0n) is 7.50. The molecular formula is C6H12O8P. The Hall–Kier alpha value is -0.0500. The van der Waals surface area contributed by atoms with Crippen LogP contribution in [0.25, 0.3) is 0 Å². The molecule has 8 nitrogen and oxygen atoms in total. The van der Waals surface area contributed by atoms with E-state index in [1.54, 1.807) is 0 Å². The van der Waals surface area contributed by atoms with Gasteiger partial charge in [-0.3, -0.25) is 4.52 Å². The van der Waals surface area contributed by atoms with Crippen molar-refractivity contribution in [2.45, 2.75) is 24.4 Å². The largest absolute Gasteiger partial charge is 0.470 e. The molecule has 0 bridgehead atoms. The van der Waals surface area contributed by atoms with Gasteiger partial charge in [0.25, 0.3) is 0 Å². The predicted molar refractivity (Wildman–Crippen MR) is 45.2 cm³/mol. The molecular weight excluding hydrogens is 231 g/mol. The minimum absolute atomic E-state index is 0.530. The van der Waals surface area contributed by atoms with E-state index >= 15 is 0 Å². The van der Waals surface area contributed by atoms with Crippen molar-refractivity contribution < 1.29 is 38.9 Å². The fraction of sp³-hybridized carbons (Fsp3) is 0.833. The zero-order valence-corrected chi connectivity index (χ0v) is 8.40. The van der Waals surface area contributed by atoms with Crippen LogP contribution in [-0.4, -0.2) is 56.1 Å². The highest BCUT2D eigenvalue weighted by Crippen LogP contribution is 2.40. The van der Waals surface area contributed by atoms with Gasteiger partial charge in [-0.1, -0.05) is 0 Å². The van der Waals surface area contributed by atoms with E-state index in [-0.39, 0.29) is 0 Å². The summed E-state index contributed by atoms with van der Waals surface area (Å²) in [6.07, 6.45) is -5.51. The van der Waals surface area contributed by atoms with Gasteiger partial charge in [-0.15, -0.1) is 0 Å². The topological polar surface area (TPSA) is 137 Å². The van der Waals surface area contributed by atoms with Crippen molar-refractivity contribution in [3.8, 4) is 0 Å². The predicted octanol–water partition coefficient (Wildman–Crippen LogP) is -2.26. The fourth-order valence-electron chi connectivity index (χ4n) is 1.15. The molecule has 5 N–H and O–H groups in total. The SMILES string of the molecule is O=P(O)(O)O[C@H]1[CH]O[C@H](CO)[C@H](O)[C@@H]1O. The van der Waals surface area contributed by atoms with E-state index in [1.165, 1.54) is 0 Å². The molecule has 1 aliphatic rings. The minimum Gasteiger partial charge on any atom is -0.394 e. The summed E-state index contributed by atoms with van der Waals surface area (Å²) in [6, 6.07) is 0. The number of aliphatic hydroxyl groups excluding tert-OH is 3. The molecule has 1 saturated heterocycles. The Labute approximate surface area is 85.3 Å². The van der Waals surface area contributed by atoms with Crippen LogP contribution in [0.3, 0.4) is 0 Å². The van der Waals surface area contributed by atoms with Crippen molar-refractivity contribution >= 4 is 7.82 Å². The van der Waals surface area contributed by atoms with Gasteiger partial charge < -0.3 is 29.8 Å². The number of phosphoric ester groups is 1. The average molecular weight is 243 g/mol. The van der Waals surface area contributed by atoms with Gasteiger partial charge in [-0.2, -0.15) is 0 Å². The van der Waals surface area contributed by atoms with Crippen LogP contribution in [0.1, 0.15) is 0 Å². The fourth-order valence-corrected chi connectivity index (χ4v) is 1.64. The van der Waals surface area contributed by atoms with Gasteiger partial charge in [0.2, 0.25) is 0 Å². The standard InChI is InChI=1S/C6H12O8P/c7-1-3-5(8)6(9)4(2-13-3)14-15(10,11)12/h2-9H,1H2,(H2,10,11,12)/t3-,4+,5+,6-/m1/s1. The van der Waals surface area contributed by atoms with Crippen molar-refractivity contribution in [1.29, 1.82) is 0 Å². The van der Waals surface area contributed by atoms with Crippen LogP contribution >= 0.6 is 7.82 Å². The molecule has 1 aliphatic heterocycles. The minimum atomic E-state index is -4.77. The Morgan fingerprint density at radius 1 is 1.33 bits per heavy atom. The summed E-state index contributed by atoms with van der Waals surface area (Å²) in [6.45, 7) is 0.300. The maximum atomic E-state index is 10.5. The highest BCUT2D eigenvalue weighted by atomic mass is 31.2. The summed E-state index contributed by atoms with van der Waals surface area (Å²) < 4.78 is 19.3. The molecule has 0 aliphatic carbocycles. The lowest BCUT2D eigenvalue weighted by molar-refractivity contribution is -0.166. The van der Waals surface area contributed by atoms with Gasteiger partial charge in [0.1, 0.15) is 31.0 Å². The molecule has 0 saturated carbocycles. The first-order valence-electron chi connectivity index (χ1n) is 4.05. The summed E-state index contributed by atoms with van der Waals surface area (Å²) >= 11 is 0. The Morgan fingerprint density at radius 3 is 2.40 bits per heavy atom. The molecule has 0 unspecified atom stereocenters. The second-order valence-corrected chi connectivity index (χ2v) is 4.23. The molecule has 0 spiro atoms. The van der Waals surface area contributed by atoms with Crippen LogP contribution < -0.4 is 0 Å². The first-order chi connectivity index (χ1) is 6.85. The third-order valence-electron chi connectivity index (χ3n) is 1.89. The quantitative estimate of drug-likeness (QED) is 0.350. The molecule has 9 heteroatoms. The van der Waals surface area contributed by atoms with E-state index in [0.29, 0.717) is 0 Å². The van der Waals surface area contributed by atoms with E-state index in [1.807, 2.05) is 0 Å². The Morgan fingerprint density at radius 2 is 1.93 bits per heavy atom. The van der Waals surface area contributed by atoms with Gasteiger partial charge in [-0.25, -0.2) is 4.57 Å². The number of rotatable bonds is 3. The van der Waals surface area contributed by atoms with Gasteiger partial charge in [0.15, 0.2) is 0 Å². The van der Waals surface area contributed by atoms with Gasteiger partial charge in [0.05, 0.1) is 6.61 Å². The van der Waals surface area contributed by atoms with Crippen LogP contribution in [0.5, 0.6) is 0 Å². The normalized spacial score (nSPS) is 37.9. The maximum absolute atomic E-state index is 10.5. The summed E-state index contributed by atoms with van der Waals surface area (Å²) in [5, 5.41) is 27.4. The first-order valence-corrected chi connectivity index (χ1v) is 5.58. The number of hydrogen-bond donors (Lipinski definition) is 5. The van der Waals surface area contributed by atoms with Crippen LogP contribution in [0, 0.1) is 6.61 Å². The smallest absolute Gasteiger partial charge is 0.394 e.